The van der Waals surface area contributed by atoms with E-state index in [1.54, 1.807) is 30.3 Å². The second-order valence-corrected chi connectivity index (χ2v) is 10.7. The Hall–Kier alpha value is -4.55. The van der Waals surface area contributed by atoms with E-state index in [4.69, 9.17) is 30.5 Å². The van der Waals surface area contributed by atoms with Gasteiger partial charge >= 0.3 is 6.03 Å². The minimum Gasteiger partial charge on any atom is -0.493 e. The molecule has 230 valence electrons. The quantitative estimate of drug-likeness (QED) is 0.188. The lowest BCUT2D eigenvalue weighted by molar-refractivity contribution is -0.122. The van der Waals surface area contributed by atoms with Gasteiger partial charge in [-0.2, -0.15) is 0 Å². The molecule has 1 saturated heterocycles. The highest BCUT2D eigenvalue weighted by Crippen LogP contribution is 2.38. The highest BCUT2D eigenvalue weighted by Gasteiger charge is 2.37. The molecule has 1 fully saturated rings. The van der Waals surface area contributed by atoms with Crippen molar-refractivity contribution in [2.45, 2.75) is 20.3 Å². The van der Waals surface area contributed by atoms with Crippen molar-refractivity contribution in [2.24, 2.45) is 0 Å². The second-order valence-electron chi connectivity index (χ2n) is 9.48. The number of anilines is 2. The van der Waals surface area contributed by atoms with Crippen LogP contribution in [0.15, 0.2) is 58.6 Å². The first-order valence-corrected chi connectivity index (χ1v) is 14.5. The van der Waals surface area contributed by atoms with Crippen molar-refractivity contribution in [1.29, 1.82) is 0 Å². The zero-order valence-electron chi connectivity index (χ0n) is 24.3. The molecule has 13 heteroatoms. The lowest BCUT2D eigenvalue weighted by Crippen LogP contribution is -2.54. The van der Waals surface area contributed by atoms with E-state index in [-0.39, 0.29) is 29.4 Å². The van der Waals surface area contributed by atoms with Crippen LogP contribution in [0.3, 0.4) is 0 Å². The van der Waals surface area contributed by atoms with E-state index in [0.717, 1.165) is 16.9 Å². The number of amides is 5. The van der Waals surface area contributed by atoms with E-state index in [9.17, 15) is 19.2 Å². The van der Waals surface area contributed by atoms with Crippen LogP contribution in [0.2, 0.25) is 5.02 Å². The van der Waals surface area contributed by atoms with Crippen LogP contribution < -0.4 is 34.5 Å². The molecule has 3 aromatic rings. The number of halogens is 2. The molecule has 44 heavy (non-hydrogen) atoms. The van der Waals surface area contributed by atoms with E-state index < -0.39 is 23.8 Å². The van der Waals surface area contributed by atoms with Crippen LogP contribution in [0.4, 0.5) is 16.2 Å². The summed E-state index contributed by atoms with van der Waals surface area (Å²) < 4.78 is 22.6. The maximum Gasteiger partial charge on any atom is 0.335 e. The number of benzene rings is 3. The summed E-state index contributed by atoms with van der Waals surface area (Å²) in [5.41, 5.74) is 1.66. The minimum atomic E-state index is -0.907. The third kappa shape index (κ3) is 7.32. The predicted octanol–water partition coefficient (Wildman–Crippen LogP) is 5.90. The zero-order chi connectivity index (χ0) is 32.0. The minimum absolute atomic E-state index is 0.181. The van der Waals surface area contributed by atoms with Gasteiger partial charge in [-0.3, -0.25) is 19.7 Å². The number of barbiturate groups is 1. The van der Waals surface area contributed by atoms with E-state index in [2.05, 4.69) is 26.6 Å². The van der Waals surface area contributed by atoms with Crippen molar-refractivity contribution in [3.8, 4) is 23.0 Å². The van der Waals surface area contributed by atoms with E-state index >= 15 is 0 Å². The molecule has 4 rings (SSSR count). The number of methoxy groups -OCH3 is 2. The van der Waals surface area contributed by atoms with Gasteiger partial charge in [0.2, 0.25) is 0 Å². The Morgan fingerprint density at radius 3 is 2.43 bits per heavy atom. The Labute approximate surface area is 267 Å². The van der Waals surface area contributed by atoms with Crippen LogP contribution in [0.1, 0.15) is 24.5 Å². The molecule has 3 aromatic carbocycles. The van der Waals surface area contributed by atoms with Crippen molar-refractivity contribution in [3.05, 3.63) is 74.7 Å². The van der Waals surface area contributed by atoms with Gasteiger partial charge in [0.25, 0.3) is 17.7 Å². The van der Waals surface area contributed by atoms with Gasteiger partial charge in [0.1, 0.15) is 5.57 Å². The fourth-order valence-electron chi connectivity index (χ4n) is 4.15. The van der Waals surface area contributed by atoms with E-state index in [0.29, 0.717) is 38.9 Å². The van der Waals surface area contributed by atoms with Gasteiger partial charge in [0, 0.05) is 16.8 Å². The number of carbonyl (C=O) groups excluding carboxylic acids is 4. The number of urea groups is 1. The van der Waals surface area contributed by atoms with Gasteiger partial charge in [0.15, 0.2) is 29.6 Å². The summed E-state index contributed by atoms with van der Waals surface area (Å²) in [6.45, 7) is 3.93. The van der Waals surface area contributed by atoms with Gasteiger partial charge in [-0.05, 0) is 82.9 Å². The van der Waals surface area contributed by atoms with Gasteiger partial charge in [-0.15, -0.1) is 0 Å². The number of nitrogens with one attached hydrogen (secondary N) is 2. The Morgan fingerprint density at radius 1 is 1.00 bits per heavy atom. The Balaban J connectivity index is 1.56. The van der Waals surface area contributed by atoms with E-state index in [1.165, 1.54) is 38.5 Å². The second kappa shape index (κ2) is 14.3. The van der Waals surface area contributed by atoms with Gasteiger partial charge in [-0.1, -0.05) is 24.6 Å². The Bertz CT molecular complexity index is 1660. The van der Waals surface area contributed by atoms with Crippen molar-refractivity contribution in [1.82, 2.24) is 5.32 Å². The largest absolute Gasteiger partial charge is 0.493 e. The molecule has 1 heterocycles. The number of nitrogens with zero attached hydrogens (tertiary/aromatic N) is 1. The van der Waals surface area contributed by atoms with Gasteiger partial charge < -0.3 is 24.3 Å². The number of hydrogen-bond acceptors (Lipinski definition) is 8. The summed E-state index contributed by atoms with van der Waals surface area (Å²) in [6.07, 6.45) is 2.10. The summed E-state index contributed by atoms with van der Waals surface area (Å²) >= 11 is 9.54. The van der Waals surface area contributed by atoms with Crippen LogP contribution in [-0.2, 0) is 14.4 Å². The molecule has 1 aliphatic heterocycles. The van der Waals surface area contributed by atoms with Crippen molar-refractivity contribution in [2.75, 3.05) is 37.7 Å². The molecular formula is C31H29BrClN3O8. The number of carbonyl (C=O) groups is 4. The first-order chi connectivity index (χ1) is 21.1. The zero-order valence-corrected chi connectivity index (χ0v) is 26.6. The fraction of sp³-hybridized carbons (Fsp3) is 0.226. The highest BCUT2D eigenvalue weighted by atomic mass is 79.9. The topological polar surface area (TPSA) is 132 Å². The lowest BCUT2D eigenvalue weighted by Gasteiger charge is -2.27. The molecule has 1 aliphatic rings. The summed E-state index contributed by atoms with van der Waals surface area (Å²) in [4.78, 5) is 52.3. The molecule has 11 nitrogen and oxygen atoms in total. The average Bonchev–Trinajstić information content (AvgIpc) is 2.99. The fourth-order valence-corrected chi connectivity index (χ4v) is 4.91. The molecule has 0 unspecified atom stereocenters. The SMILES string of the molecule is CCCOc1ccc(N2C(=O)NC(=O)/C(=C/c3cc(Br)c(OCC(=O)Nc4ccc(C)c(Cl)c4)c(OC)c3)C2=O)cc1OC. The molecule has 0 spiro atoms. The lowest BCUT2D eigenvalue weighted by atomic mass is 10.1. The number of hydrogen-bond donors (Lipinski definition) is 2. The molecule has 2 N–H and O–H groups in total. The van der Waals surface area contributed by atoms with Crippen molar-refractivity contribution >= 4 is 68.7 Å². The highest BCUT2D eigenvalue weighted by molar-refractivity contribution is 9.10. The Kier molecular flexibility index (Phi) is 10.5. The normalized spacial score (nSPS) is 13.9. The van der Waals surface area contributed by atoms with Crippen LogP contribution in [-0.4, -0.2) is 51.2 Å². The Morgan fingerprint density at radius 2 is 1.75 bits per heavy atom. The number of ether oxygens (including phenoxy) is 4. The molecule has 0 aliphatic carbocycles. The van der Waals surface area contributed by atoms with Crippen LogP contribution in [0.25, 0.3) is 6.08 Å². The first-order valence-electron chi connectivity index (χ1n) is 13.3. The number of rotatable bonds is 11. The molecule has 0 radical (unpaired) electrons. The van der Waals surface area contributed by atoms with Crippen molar-refractivity contribution in [3.63, 3.8) is 0 Å². The van der Waals surface area contributed by atoms with Gasteiger partial charge in [0.05, 0.1) is 31.0 Å². The van der Waals surface area contributed by atoms with Crippen LogP contribution in [0, 0.1) is 6.92 Å². The molecular weight excluding hydrogens is 658 g/mol. The summed E-state index contributed by atoms with van der Waals surface area (Å²) in [5, 5.41) is 5.42. The monoisotopic (exact) mass is 685 g/mol. The molecule has 0 bridgehead atoms. The average molecular weight is 687 g/mol. The standard InChI is InChI=1S/C31H29BrClN3O8/c1-5-10-43-24-9-8-20(15-25(24)41-3)36-30(39)21(29(38)35-31(36)40)11-18-12-22(32)28(26(13-18)42-4)44-16-27(37)34-19-7-6-17(2)23(33)14-19/h6-9,11-15H,5,10,16H2,1-4H3,(H,34,37)(H,35,38,40)/b21-11-. The van der Waals surface area contributed by atoms with Crippen LogP contribution >= 0.6 is 27.5 Å². The summed E-state index contributed by atoms with van der Waals surface area (Å²) in [6, 6.07) is 11.9. The summed E-state index contributed by atoms with van der Waals surface area (Å²) in [7, 11) is 2.84. The molecule has 0 saturated carbocycles. The smallest absolute Gasteiger partial charge is 0.335 e. The third-order valence-electron chi connectivity index (χ3n) is 6.33. The maximum absolute atomic E-state index is 13.5. The number of imide groups is 2. The van der Waals surface area contributed by atoms with Crippen molar-refractivity contribution < 1.29 is 38.1 Å². The predicted molar refractivity (Wildman–Crippen MR) is 169 cm³/mol. The first kappa shape index (κ1) is 32.4. The molecule has 5 amide bonds. The molecule has 0 atom stereocenters. The van der Waals surface area contributed by atoms with Crippen LogP contribution in [0.5, 0.6) is 23.0 Å². The molecule has 0 aromatic heterocycles. The number of aryl methyl sites for hydroxylation is 1. The van der Waals surface area contributed by atoms with Gasteiger partial charge in [-0.25, -0.2) is 9.69 Å². The third-order valence-corrected chi connectivity index (χ3v) is 7.33. The van der Waals surface area contributed by atoms with E-state index in [1.807, 2.05) is 13.8 Å². The summed E-state index contributed by atoms with van der Waals surface area (Å²) in [5.74, 6) is -0.922. The maximum atomic E-state index is 13.5.